The molecule has 1 aromatic heterocycles. The predicted molar refractivity (Wildman–Crippen MR) is 74.7 cm³/mol. The molecule has 0 amide bonds. The van der Waals surface area contributed by atoms with E-state index in [1.165, 1.54) is 0 Å². The molecule has 1 aromatic carbocycles. The molecule has 0 spiro atoms. The maximum absolute atomic E-state index is 10.2. The normalized spacial score (nSPS) is 11.6. The summed E-state index contributed by atoms with van der Waals surface area (Å²) in [6.07, 6.45) is 1.69. The second kappa shape index (κ2) is 4.71. The van der Waals surface area contributed by atoms with Crippen molar-refractivity contribution >= 4 is 11.6 Å². The van der Waals surface area contributed by atoms with Crippen LogP contribution in [0.4, 0.5) is 0 Å². The Kier molecular flexibility index (Phi) is 3.42. The number of rotatable bonds is 2. The summed E-state index contributed by atoms with van der Waals surface area (Å²) < 4.78 is 0. The van der Waals surface area contributed by atoms with Crippen LogP contribution in [-0.4, -0.2) is 10.1 Å². The summed E-state index contributed by atoms with van der Waals surface area (Å²) in [5.41, 5.74) is 3.22. The molecule has 18 heavy (non-hydrogen) atoms. The number of aromatic nitrogens is 1. The van der Waals surface area contributed by atoms with Crippen LogP contribution in [0.25, 0.3) is 11.1 Å². The fraction of sp³-hybridized carbons (Fsp3) is 0.267. The third-order valence-corrected chi connectivity index (χ3v) is 3.24. The van der Waals surface area contributed by atoms with Crippen molar-refractivity contribution in [3.8, 4) is 11.1 Å². The zero-order chi connectivity index (χ0) is 13.3. The Balaban J connectivity index is 2.60. The topological polar surface area (TPSA) is 33.1 Å². The van der Waals surface area contributed by atoms with E-state index in [0.717, 1.165) is 22.3 Å². The molecular weight excluding hydrogens is 246 g/mol. The second-order valence-electron chi connectivity index (χ2n) is 4.90. The van der Waals surface area contributed by atoms with Gasteiger partial charge in [-0.15, -0.1) is 0 Å². The van der Waals surface area contributed by atoms with Gasteiger partial charge in [0.1, 0.15) is 5.15 Å². The van der Waals surface area contributed by atoms with Crippen molar-refractivity contribution in [2.24, 2.45) is 0 Å². The molecule has 94 valence electrons. The van der Waals surface area contributed by atoms with Gasteiger partial charge in [0.25, 0.3) is 0 Å². The van der Waals surface area contributed by atoms with Crippen molar-refractivity contribution in [2.75, 3.05) is 0 Å². The van der Waals surface area contributed by atoms with Crippen molar-refractivity contribution < 1.29 is 5.11 Å². The van der Waals surface area contributed by atoms with E-state index in [-0.39, 0.29) is 0 Å². The summed E-state index contributed by atoms with van der Waals surface area (Å²) in [5, 5.41) is 10.6. The minimum absolute atomic E-state index is 0.473. The molecule has 0 fully saturated rings. The van der Waals surface area contributed by atoms with Gasteiger partial charge in [-0.1, -0.05) is 29.8 Å². The molecule has 2 nitrogen and oxygen atoms in total. The lowest BCUT2D eigenvalue weighted by atomic mass is 9.89. The second-order valence-corrected chi connectivity index (χ2v) is 5.29. The first-order chi connectivity index (χ1) is 8.39. The van der Waals surface area contributed by atoms with E-state index in [4.69, 9.17) is 11.6 Å². The Morgan fingerprint density at radius 3 is 2.56 bits per heavy atom. The molecule has 0 saturated heterocycles. The van der Waals surface area contributed by atoms with Gasteiger partial charge in [-0.05, 0) is 55.2 Å². The van der Waals surface area contributed by atoms with Crippen LogP contribution in [-0.2, 0) is 5.60 Å². The monoisotopic (exact) mass is 261 g/mol. The molecular formula is C15H16ClNO. The average Bonchev–Trinajstić information content (AvgIpc) is 2.27. The van der Waals surface area contributed by atoms with Crippen LogP contribution < -0.4 is 0 Å². The SMILES string of the molecule is Cc1c(-c2ccnc(Cl)c2)cccc1C(C)(C)O. The molecule has 0 unspecified atom stereocenters. The Hall–Kier alpha value is -1.38. The first-order valence-corrected chi connectivity index (χ1v) is 6.22. The van der Waals surface area contributed by atoms with Crippen molar-refractivity contribution in [3.05, 3.63) is 52.8 Å². The van der Waals surface area contributed by atoms with E-state index in [2.05, 4.69) is 4.98 Å². The molecule has 0 atom stereocenters. The lowest BCUT2D eigenvalue weighted by Gasteiger charge is -2.22. The Morgan fingerprint density at radius 1 is 1.22 bits per heavy atom. The predicted octanol–water partition coefficient (Wildman–Crippen LogP) is 3.94. The van der Waals surface area contributed by atoms with Gasteiger partial charge < -0.3 is 5.11 Å². The van der Waals surface area contributed by atoms with Gasteiger partial charge in [0.2, 0.25) is 0 Å². The number of halogens is 1. The molecule has 0 aliphatic carbocycles. The minimum Gasteiger partial charge on any atom is -0.386 e. The maximum atomic E-state index is 10.2. The van der Waals surface area contributed by atoms with Crippen molar-refractivity contribution in [1.29, 1.82) is 0 Å². The first kappa shape index (κ1) is 13.1. The smallest absolute Gasteiger partial charge is 0.129 e. The fourth-order valence-electron chi connectivity index (χ4n) is 2.18. The van der Waals surface area contributed by atoms with Gasteiger partial charge in [-0.3, -0.25) is 0 Å². The number of aliphatic hydroxyl groups is 1. The highest BCUT2D eigenvalue weighted by molar-refractivity contribution is 6.29. The maximum Gasteiger partial charge on any atom is 0.129 e. The van der Waals surface area contributed by atoms with Gasteiger partial charge in [0, 0.05) is 6.20 Å². The Labute approximate surface area is 112 Å². The van der Waals surface area contributed by atoms with Crippen LogP contribution in [0.3, 0.4) is 0 Å². The molecule has 1 heterocycles. The highest BCUT2D eigenvalue weighted by Gasteiger charge is 2.19. The molecule has 0 aliphatic heterocycles. The van der Waals surface area contributed by atoms with Crippen LogP contribution in [0.1, 0.15) is 25.0 Å². The van der Waals surface area contributed by atoms with Crippen LogP contribution >= 0.6 is 11.6 Å². The molecule has 0 saturated carbocycles. The van der Waals surface area contributed by atoms with Crippen molar-refractivity contribution in [2.45, 2.75) is 26.4 Å². The summed E-state index contributed by atoms with van der Waals surface area (Å²) in [5.74, 6) is 0. The Bertz CT molecular complexity index is 573. The molecule has 2 aromatic rings. The molecule has 3 heteroatoms. The minimum atomic E-state index is -0.850. The number of hydrogen-bond acceptors (Lipinski definition) is 2. The average molecular weight is 262 g/mol. The highest BCUT2D eigenvalue weighted by atomic mass is 35.5. The number of nitrogens with zero attached hydrogens (tertiary/aromatic N) is 1. The van der Waals surface area contributed by atoms with Crippen LogP contribution in [0.5, 0.6) is 0 Å². The highest BCUT2D eigenvalue weighted by Crippen LogP contribution is 2.31. The van der Waals surface area contributed by atoms with Crippen LogP contribution in [0, 0.1) is 6.92 Å². The molecule has 1 N–H and O–H groups in total. The lowest BCUT2D eigenvalue weighted by Crippen LogP contribution is -2.17. The largest absolute Gasteiger partial charge is 0.386 e. The van der Waals surface area contributed by atoms with E-state index < -0.39 is 5.60 Å². The number of pyridine rings is 1. The zero-order valence-corrected chi connectivity index (χ0v) is 11.5. The van der Waals surface area contributed by atoms with Gasteiger partial charge in [0.15, 0.2) is 0 Å². The first-order valence-electron chi connectivity index (χ1n) is 5.84. The van der Waals surface area contributed by atoms with Gasteiger partial charge in [-0.25, -0.2) is 4.98 Å². The summed E-state index contributed by atoms with van der Waals surface area (Å²) in [4.78, 5) is 3.98. The molecule has 0 aliphatic rings. The molecule has 2 rings (SSSR count). The number of hydrogen-bond donors (Lipinski definition) is 1. The van der Waals surface area contributed by atoms with Crippen molar-refractivity contribution in [3.63, 3.8) is 0 Å². The van der Waals surface area contributed by atoms with E-state index in [1.54, 1.807) is 20.0 Å². The number of benzene rings is 1. The van der Waals surface area contributed by atoms with E-state index >= 15 is 0 Å². The summed E-state index contributed by atoms with van der Waals surface area (Å²) in [6.45, 7) is 5.59. The summed E-state index contributed by atoms with van der Waals surface area (Å²) >= 11 is 5.92. The van der Waals surface area contributed by atoms with E-state index in [9.17, 15) is 5.11 Å². The van der Waals surface area contributed by atoms with E-state index in [0.29, 0.717) is 5.15 Å². The summed E-state index contributed by atoms with van der Waals surface area (Å²) in [6, 6.07) is 9.67. The van der Waals surface area contributed by atoms with E-state index in [1.807, 2.05) is 37.3 Å². The molecule has 0 radical (unpaired) electrons. The van der Waals surface area contributed by atoms with Crippen LogP contribution in [0.2, 0.25) is 5.15 Å². The van der Waals surface area contributed by atoms with Gasteiger partial charge >= 0.3 is 0 Å². The van der Waals surface area contributed by atoms with Crippen LogP contribution in [0.15, 0.2) is 36.5 Å². The third kappa shape index (κ3) is 2.55. The lowest BCUT2D eigenvalue weighted by molar-refractivity contribution is 0.0780. The van der Waals surface area contributed by atoms with Gasteiger partial charge in [-0.2, -0.15) is 0 Å². The standard InChI is InChI=1S/C15H16ClNO/c1-10-12(11-7-8-17-14(16)9-11)5-4-6-13(10)15(2,3)18/h4-9,18H,1-3H3. The van der Waals surface area contributed by atoms with Gasteiger partial charge in [0.05, 0.1) is 5.60 Å². The zero-order valence-electron chi connectivity index (χ0n) is 10.7. The van der Waals surface area contributed by atoms with Crippen molar-refractivity contribution in [1.82, 2.24) is 4.98 Å². The summed E-state index contributed by atoms with van der Waals surface area (Å²) in [7, 11) is 0. The fourth-order valence-corrected chi connectivity index (χ4v) is 2.36. The molecule has 0 bridgehead atoms. The third-order valence-electron chi connectivity index (χ3n) is 3.03. The Morgan fingerprint density at radius 2 is 1.94 bits per heavy atom. The quantitative estimate of drug-likeness (QED) is 0.831.